The molecule has 2 amide bonds. The Morgan fingerprint density at radius 3 is 2.25 bits per heavy atom. The van der Waals surface area contributed by atoms with E-state index in [-0.39, 0.29) is 36.0 Å². The van der Waals surface area contributed by atoms with E-state index in [1.807, 2.05) is 12.1 Å². The number of hydrogen-bond acceptors (Lipinski definition) is 5. The molecule has 0 bridgehead atoms. The number of rotatable bonds is 5. The Balaban J connectivity index is 1.32. The molecule has 1 aromatic carbocycles. The first-order chi connectivity index (χ1) is 13.5. The average molecular weight is 383 g/mol. The number of fused-ring (bicyclic) bond motifs is 2. The minimum atomic E-state index is -0.716. The van der Waals surface area contributed by atoms with Crippen molar-refractivity contribution < 1.29 is 23.9 Å². The highest BCUT2D eigenvalue weighted by molar-refractivity contribution is 6.07. The van der Waals surface area contributed by atoms with Crippen LogP contribution in [0.3, 0.4) is 0 Å². The van der Waals surface area contributed by atoms with E-state index in [1.54, 1.807) is 6.07 Å². The third kappa shape index (κ3) is 3.60. The van der Waals surface area contributed by atoms with Gasteiger partial charge in [0.2, 0.25) is 11.8 Å². The van der Waals surface area contributed by atoms with Crippen molar-refractivity contribution in [3.05, 3.63) is 34.9 Å². The summed E-state index contributed by atoms with van der Waals surface area (Å²) in [4.78, 5) is 50.4. The predicted molar refractivity (Wildman–Crippen MR) is 101 cm³/mol. The smallest absolute Gasteiger partial charge is 0.326 e. The van der Waals surface area contributed by atoms with Gasteiger partial charge in [-0.1, -0.05) is 25.0 Å². The van der Waals surface area contributed by atoms with Crippen LogP contribution in [0.5, 0.6) is 0 Å². The first-order valence-electron chi connectivity index (χ1n) is 10.2. The van der Waals surface area contributed by atoms with Crippen LogP contribution in [0.15, 0.2) is 18.2 Å². The number of amides is 2. The fourth-order valence-corrected chi connectivity index (χ4v) is 4.70. The van der Waals surface area contributed by atoms with Crippen molar-refractivity contribution in [2.75, 3.05) is 13.2 Å². The van der Waals surface area contributed by atoms with Crippen LogP contribution >= 0.6 is 0 Å². The summed E-state index contributed by atoms with van der Waals surface area (Å²) in [5.74, 6) is -2.10. The number of likely N-dealkylation sites (tertiary alicyclic amines) is 1. The number of benzene rings is 1. The van der Waals surface area contributed by atoms with E-state index in [4.69, 9.17) is 4.74 Å². The number of aryl methyl sites for hydroxylation is 2. The lowest BCUT2D eigenvalue weighted by Gasteiger charge is -2.19. The Labute approximate surface area is 164 Å². The lowest BCUT2D eigenvalue weighted by atomic mass is 9.81. The van der Waals surface area contributed by atoms with Gasteiger partial charge in [-0.25, -0.2) is 0 Å². The van der Waals surface area contributed by atoms with E-state index >= 15 is 0 Å². The molecule has 0 spiro atoms. The summed E-state index contributed by atoms with van der Waals surface area (Å²) in [6.45, 7) is -0.775. The zero-order chi connectivity index (χ0) is 19.7. The van der Waals surface area contributed by atoms with Crippen LogP contribution in [0.1, 0.15) is 60.0 Å². The molecule has 4 rings (SSSR count). The van der Waals surface area contributed by atoms with Crippen LogP contribution in [0, 0.1) is 11.8 Å². The molecule has 1 aromatic rings. The summed E-state index contributed by atoms with van der Waals surface area (Å²) >= 11 is 0. The Morgan fingerprint density at radius 1 is 0.929 bits per heavy atom. The second kappa shape index (κ2) is 7.86. The third-order valence-corrected chi connectivity index (χ3v) is 6.25. The molecular weight excluding hydrogens is 358 g/mol. The first kappa shape index (κ1) is 18.8. The summed E-state index contributed by atoms with van der Waals surface area (Å²) in [5, 5.41) is 0. The van der Waals surface area contributed by atoms with Gasteiger partial charge in [0.25, 0.3) is 0 Å². The molecule has 2 aliphatic carbocycles. The van der Waals surface area contributed by atoms with E-state index in [0.717, 1.165) is 37.0 Å². The van der Waals surface area contributed by atoms with Crippen molar-refractivity contribution in [3.63, 3.8) is 0 Å². The molecule has 0 N–H and O–H groups in total. The average Bonchev–Trinajstić information content (AvgIpc) is 2.97. The summed E-state index contributed by atoms with van der Waals surface area (Å²) in [5.41, 5.74) is 3.01. The topological polar surface area (TPSA) is 80.8 Å². The number of ketones is 1. The highest BCUT2D eigenvalue weighted by Gasteiger charge is 2.48. The summed E-state index contributed by atoms with van der Waals surface area (Å²) in [6, 6.07) is 5.65. The molecular formula is C22H25NO5. The molecule has 2 atom stereocenters. The Bertz CT molecular complexity index is 806. The Morgan fingerprint density at radius 2 is 1.57 bits per heavy atom. The van der Waals surface area contributed by atoms with Crippen molar-refractivity contribution >= 4 is 23.6 Å². The number of imide groups is 1. The zero-order valence-corrected chi connectivity index (χ0v) is 15.9. The molecule has 6 heteroatoms. The summed E-state index contributed by atoms with van der Waals surface area (Å²) in [6.07, 6.45) is 7.60. The maximum Gasteiger partial charge on any atom is 0.326 e. The number of hydrogen-bond donors (Lipinski definition) is 0. The molecule has 2 fully saturated rings. The molecule has 3 aliphatic rings. The van der Waals surface area contributed by atoms with Gasteiger partial charge in [-0.15, -0.1) is 0 Å². The zero-order valence-electron chi connectivity index (χ0n) is 15.9. The molecule has 1 aliphatic heterocycles. The van der Waals surface area contributed by atoms with Gasteiger partial charge in [0.05, 0.1) is 11.8 Å². The van der Waals surface area contributed by atoms with Crippen LogP contribution in [-0.2, 0) is 32.0 Å². The molecule has 6 nitrogen and oxygen atoms in total. The molecule has 0 unspecified atom stereocenters. The van der Waals surface area contributed by atoms with E-state index in [0.29, 0.717) is 18.4 Å². The minimum absolute atomic E-state index is 0.269. The van der Waals surface area contributed by atoms with Gasteiger partial charge in [-0.3, -0.25) is 24.1 Å². The second-order valence-electron chi connectivity index (χ2n) is 8.03. The number of Topliss-reactive ketones (excluding diaryl/α,β-unsaturated/α-hetero) is 1. The number of nitrogens with zero attached hydrogens (tertiary/aromatic N) is 1. The Hall–Kier alpha value is -2.50. The minimum Gasteiger partial charge on any atom is -0.456 e. The van der Waals surface area contributed by atoms with Crippen molar-refractivity contribution in [1.82, 2.24) is 4.90 Å². The molecule has 0 radical (unpaired) electrons. The van der Waals surface area contributed by atoms with Gasteiger partial charge in [0.15, 0.2) is 12.4 Å². The van der Waals surface area contributed by atoms with Crippen molar-refractivity contribution in [2.24, 2.45) is 11.8 Å². The quantitative estimate of drug-likeness (QED) is 0.443. The van der Waals surface area contributed by atoms with Crippen molar-refractivity contribution in [3.8, 4) is 0 Å². The van der Waals surface area contributed by atoms with E-state index in [9.17, 15) is 19.2 Å². The molecule has 28 heavy (non-hydrogen) atoms. The normalized spacial score (nSPS) is 23.9. The number of esters is 1. The van der Waals surface area contributed by atoms with Gasteiger partial charge in [0.1, 0.15) is 6.54 Å². The van der Waals surface area contributed by atoms with Crippen LogP contribution in [0.2, 0.25) is 0 Å². The molecule has 1 heterocycles. The summed E-state index contributed by atoms with van der Waals surface area (Å²) in [7, 11) is 0. The lowest BCUT2D eigenvalue weighted by molar-refractivity contribution is -0.152. The van der Waals surface area contributed by atoms with E-state index in [1.165, 1.54) is 17.5 Å². The fraction of sp³-hybridized carbons (Fsp3) is 0.545. The summed E-state index contributed by atoms with van der Waals surface area (Å²) < 4.78 is 5.08. The second-order valence-corrected chi connectivity index (χ2v) is 8.03. The van der Waals surface area contributed by atoms with Gasteiger partial charge in [-0.2, -0.15) is 0 Å². The molecule has 1 saturated carbocycles. The highest BCUT2D eigenvalue weighted by Crippen LogP contribution is 2.37. The fourth-order valence-electron chi connectivity index (χ4n) is 4.70. The maximum atomic E-state index is 12.4. The van der Waals surface area contributed by atoms with Gasteiger partial charge >= 0.3 is 5.97 Å². The highest BCUT2D eigenvalue weighted by atomic mass is 16.5. The van der Waals surface area contributed by atoms with Crippen LogP contribution in [0.25, 0.3) is 0 Å². The number of carbonyl (C=O) groups excluding carboxylic acids is 4. The monoisotopic (exact) mass is 383 g/mol. The van der Waals surface area contributed by atoms with Crippen molar-refractivity contribution in [1.29, 1.82) is 0 Å². The molecule has 0 aromatic heterocycles. The van der Waals surface area contributed by atoms with Crippen molar-refractivity contribution in [2.45, 2.75) is 51.4 Å². The molecule has 1 saturated heterocycles. The van der Waals surface area contributed by atoms with Gasteiger partial charge < -0.3 is 4.74 Å². The van der Waals surface area contributed by atoms with Gasteiger partial charge in [-0.05, 0) is 55.7 Å². The predicted octanol–water partition coefficient (Wildman–Crippen LogP) is 2.47. The lowest BCUT2D eigenvalue weighted by Crippen LogP contribution is -2.37. The number of ether oxygens (including phenoxy) is 1. The van der Waals surface area contributed by atoms with Crippen LogP contribution in [-0.4, -0.2) is 41.6 Å². The SMILES string of the molecule is O=C(CN1C(=O)[C@@H]2CCCC[C@H]2C1=O)OCC(=O)c1ccc2c(c1)CCCC2. The van der Waals surface area contributed by atoms with Crippen LogP contribution in [0.4, 0.5) is 0 Å². The Kier molecular flexibility index (Phi) is 5.29. The van der Waals surface area contributed by atoms with Gasteiger partial charge in [0, 0.05) is 5.56 Å². The number of carbonyl (C=O) groups is 4. The molecule has 148 valence electrons. The van der Waals surface area contributed by atoms with E-state index < -0.39 is 12.5 Å². The largest absolute Gasteiger partial charge is 0.456 e. The van der Waals surface area contributed by atoms with Crippen LogP contribution < -0.4 is 0 Å². The third-order valence-electron chi connectivity index (χ3n) is 6.25. The van der Waals surface area contributed by atoms with E-state index in [2.05, 4.69) is 0 Å². The maximum absolute atomic E-state index is 12.4. The first-order valence-corrected chi connectivity index (χ1v) is 10.2. The standard InChI is InChI=1S/C22H25NO5/c24-19(16-10-9-14-5-1-2-6-15(14)11-16)13-28-20(25)12-23-21(26)17-7-3-4-8-18(17)22(23)27/h9-11,17-18H,1-8,12-13H2/t17-,18-/m1/s1.